The normalized spacial score (nSPS) is 15.3. The molecule has 2 aromatic carbocycles. The lowest BCUT2D eigenvalue weighted by atomic mass is 10.1. The van der Waals surface area contributed by atoms with Gasteiger partial charge >= 0.3 is 0 Å². The molecule has 142 valence electrons. The van der Waals surface area contributed by atoms with E-state index >= 15 is 0 Å². The quantitative estimate of drug-likeness (QED) is 0.739. The van der Waals surface area contributed by atoms with Gasteiger partial charge in [-0.2, -0.15) is 4.31 Å². The van der Waals surface area contributed by atoms with Gasteiger partial charge in [0.2, 0.25) is 10.0 Å². The van der Waals surface area contributed by atoms with Crippen LogP contribution in [0.2, 0.25) is 0 Å². The first-order valence-electron chi connectivity index (χ1n) is 8.90. The predicted octanol–water partition coefficient (Wildman–Crippen LogP) is 3.84. The van der Waals surface area contributed by atoms with E-state index in [-0.39, 0.29) is 23.4 Å². The van der Waals surface area contributed by atoms with E-state index in [1.54, 1.807) is 30.3 Å². The van der Waals surface area contributed by atoms with Crippen LogP contribution in [-0.4, -0.2) is 30.4 Å². The molecule has 0 spiro atoms. The SMILES string of the molecule is CC(C)Oc1ccc(S(=O)(=O)N2CCc3[nH]c4cc(F)ccc4c3C2)cc1. The zero-order valence-corrected chi connectivity index (χ0v) is 16.0. The lowest BCUT2D eigenvalue weighted by Crippen LogP contribution is -2.35. The summed E-state index contributed by atoms with van der Waals surface area (Å²) in [6.07, 6.45) is 0.596. The molecule has 0 aliphatic carbocycles. The topological polar surface area (TPSA) is 62.4 Å². The molecule has 27 heavy (non-hydrogen) atoms. The van der Waals surface area contributed by atoms with E-state index in [2.05, 4.69) is 4.98 Å². The highest BCUT2D eigenvalue weighted by Gasteiger charge is 2.30. The molecule has 0 fully saturated rings. The number of aromatic amines is 1. The molecule has 0 saturated heterocycles. The number of H-pyrrole nitrogens is 1. The van der Waals surface area contributed by atoms with Gasteiger partial charge in [-0.25, -0.2) is 12.8 Å². The number of fused-ring (bicyclic) bond motifs is 3. The molecular weight excluding hydrogens is 367 g/mol. The number of ether oxygens (including phenoxy) is 1. The lowest BCUT2D eigenvalue weighted by Gasteiger charge is -2.26. The summed E-state index contributed by atoms with van der Waals surface area (Å²) in [4.78, 5) is 3.46. The van der Waals surface area contributed by atoms with Crippen LogP contribution in [0.5, 0.6) is 5.75 Å². The van der Waals surface area contributed by atoms with Crippen molar-refractivity contribution in [3.63, 3.8) is 0 Å². The standard InChI is InChI=1S/C20H21FN2O3S/c1-13(2)26-15-4-6-16(7-5-15)27(24,25)23-10-9-19-18(12-23)17-8-3-14(21)11-20(17)22-19/h3-8,11,13,22H,9-10,12H2,1-2H3. The highest BCUT2D eigenvalue weighted by molar-refractivity contribution is 7.89. The Kier molecular flexibility index (Phi) is 4.44. The summed E-state index contributed by atoms with van der Waals surface area (Å²) in [5.41, 5.74) is 2.59. The van der Waals surface area contributed by atoms with Crippen LogP contribution < -0.4 is 4.74 Å². The Morgan fingerprint density at radius 3 is 2.59 bits per heavy atom. The molecule has 5 nitrogen and oxygen atoms in total. The summed E-state index contributed by atoms with van der Waals surface area (Å²) in [7, 11) is -3.61. The Morgan fingerprint density at radius 1 is 1.15 bits per heavy atom. The number of hydrogen-bond donors (Lipinski definition) is 1. The molecule has 1 N–H and O–H groups in total. The molecular formula is C20H21FN2O3S. The third kappa shape index (κ3) is 3.33. The smallest absolute Gasteiger partial charge is 0.243 e. The highest BCUT2D eigenvalue weighted by Crippen LogP contribution is 2.31. The number of hydrogen-bond acceptors (Lipinski definition) is 3. The average molecular weight is 388 g/mol. The number of nitrogens with one attached hydrogen (secondary N) is 1. The van der Waals surface area contributed by atoms with Crippen molar-refractivity contribution in [2.75, 3.05) is 6.54 Å². The van der Waals surface area contributed by atoms with Gasteiger partial charge in [0.05, 0.1) is 11.0 Å². The van der Waals surface area contributed by atoms with Crippen molar-refractivity contribution in [3.05, 3.63) is 59.5 Å². The van der Waals surface area contributed by atoms with Crippen LogP contribution >= 0.6 is 0 Å². The number of sulfonamides is 1. The van der Waals surface area contributed by atoms with Gasteiger partial charge in [0.25, 0.3) is 0 Å². The molecule has 4 rings (SSSR count). The summed E-state index contributed by atoms with van der Waals surface area (Å²) in [6, 6.07) is 11.1. The zero-order valence-electron chi connectivity index (χ0n) is 15.2. The third-order valence-electron chi connectivity index (χ3n) is 4.74. The fourth-order valence-corrected chi connectivity index (χ4v) is 4.89. The van der Waals surface area contributed by atoms with Gasteiger partial charge in [-0.1, -0.05) is 0 Å². The molecule has 0 atom stereocenters. The monoisotopic (exact) mass is 388 g/mol. The molecule has 1 aliphatic rings. The summed E-state index contributed by atoms with van der Waals surface area (Å²) >= 11 is 0. The van der Waals surface area contributed by atoms with E-state index in [4.69, 9.17) is 4.74 Å². The fourth-order valence-electron chi connectivity index (χ4n) is 3.49. The van der Waals surface area contributed by atoms with Crippen LogP contribution in [0.1, 0.15) is 25.1 Å². The summed E-state index contributed by atoms with van der Waals surface area (Å²) in [5, 5.41) is 0.868. The first-order valence-corrected chi connectivity index (χ1v) is 10.3. The van der Waals surface area contributed by atoms with Crippen molar-refractivity contribution in [1.82, 2.24) is 9.29 Å². The van der Waals surface area contributed by atoms with Crippen LogP contribution in [-0.2, 0) is 23.0 Å². The van der Waals surface area contributed by atoms with Crippen LogP contribution in [0.3, 0.4) is 0 Å². The van der Waals surface area contributed by atoms with Gasteiger partial charge in [0.15, 0.2) is 0 Å². The number of aromatic nitrogens is 1. The molecule has 0 saturated carbocycles. The van der Waals surface area contributed by atoms with E-state index < -0.39 is 10.0 Å². The Hall–Kier alpha value is -2.38. The minimum absolute atomic E-state index is 0.0275. The van der Waals surface area contributed by atoms with Crippen molar-refractivity contribution >= 4 is 20.9 Å². The first kappa shape index (κ1) is 18.0. The molecule has 0 amide bonds. The van der Waals surface area contributed by atoms with Crippen molar-refractivity contribution in [2.45, 2.75) is 37.8 Å². The maximum atomic E-state index is 13.5. The molecule has 2 heterocycles. The molecule has 0 radical (unpaired) electrons. The maximum absolute atomic E-state index is 13.5. The van der Waals surface area contributed by atoms with Gasteiger partial charge in [0, 0.05) is 36.1 Å². The second-order valence-electron chi connectivity index (χ2n) is 7.00. The molecule has 1 aliphatic heterocycles. The summed E-state index contributed by atoms with van der Waals surface area (Å²) in [6.45, 7) is 4.49. The van der Waals surface area contributed by atoms with E-state index in [1.165, 1.54) is 16.4 Å². The third-order valence-corrected chi connectivity index (χ3v) is 6.59. The zero-order chi connectivity index (χ0) is 19.2. The molecule has 3 aromatic rings. The molecule has 0 bridgehead atoms. The highest BCUT2D eigenvalue weighted by atomic mass is 32.2. The second kappa shape index (κ2) is 6.65. The Labute approximate surface area is 157 Å². The Balaban J connectivity index is 1.63. The lowest BCUT2D eigenvalue weighted by molar-refractivity contribution is 0.242. The van der Waals surface area contributed by atoms with Gasteiger partial charge in [-0.15, -0.1) is 0 Å². The van der Waals surface area contributed by atoms with Gasteiger partial charge in [-0.05, 0) is 61.9 Å². The van der Waals surface area contributed by atoms with Gasteiger partial charge in [0.1, 0.15) is 11.6 Å². The van der Waals surface area contributed by atoms with Crippen molar-refractivity contribution in [1.29, 1.82) is 0 Å². The van der Waals surface area contributed by atoms with Crippen molar-refractivity contribution in [2.24, 2.45) is 0 Å². The van der Waals surface area contributed by atoms with Crippen molar-refractivity contribution in [3.8, 4) is 5.75 Å². The Bertz CT molecular complexity index is 1090. The van der Waals surface area contributed by atoms with Crippen LogP contribution in [0.4, 0.5) is 4.39 Å². The predicted molar refractivity (Wildman–Crippen MR) is 102 cm³/mol. The van der Waals surface area contributed by atoms with Crippen LogP contribution in [0, 0.1) is 5.82 Å². The van der Waals surface area contributed by atoms with Gasteiger partial charge in [-0.3, -0.25) is 0 Å². The number of halogens is 1. The second-order valence-corrected chi connectivity index (χ2v) is 8.94. The Morgan fingerprint density at radius 2 is 1.89 bits per heavy atom. The fraction of sp³-hybridized carbons (Fsp3) is 0.300. The maximum Gasteiger partial charge on any atom is 0.243 e. The largest absolute Gasteiger partial charge is 0.491 e. The van der Waals surface area contributed by atoms with Crippen molar-refractivity contribution < 1.29 is 17.5 Å². The number of rotatable bonds is 4. The minimum Gasteiger partial charge on any atom is -0.491 e. The average Bonchev–Trinajstić information content (AvgIpc) is 2.98. The van der Waals surface area contributed by atoms with Gasteiger partial charge < -0.3 is 9.72 Å². The number of nitrogens with zero attached hydrogens (tertiary/aromatic N) is 1. The van der Waals surface area contributed by atoms with Crippen LogP contribution in [0.15, 0.2) is 47.4 Å². The van der Waals surface area contributed by atoms with E-state index in [9.17, 15) is 12.8 Å². The molecule has 0 unspecified atom stereocenters. The van der Waals surface area contributed by atoms with E-state index in [0.717, 1.165) is 16.6 Å². The minimum atomic E-state index is -3.61. The van der Waals surface area contributed by atoms with E-state index in [1.807, 2.05) is 13.8 Å². The summed E-state index contributed by atoms with van der Waals surface area (Å²) < 4.78 is 46.6. The number of benzene rings is 2. The molecule has 1 aromatic heterocycles. The van der Waals surface area contributed by atoms with E-state index in [0.29, 0.717) is 24.2 Å². The molecule has 7 heteroatoms. The summed E-state index contributed by atoms with van der Waals surface area (Å²) in [5.74, 6) is 0.331. The van der Waals surface area contributed by atoms with Crippen LogP contribution in [0.25, 0.3) is 10.9 Å². The first-order chi connectivity index (χ1) is 12.8.